The summed E-state index contributed by atoms with van der Waals surface area (Å²) in [4.78, 5) is 12.2. The Morgan fingerprint density at radius 2 is 2.42 bits per heavy atom. The number of thiophene rings is 1. The minimum atomic E-state index is -0.742. The molecule has 1 aromatic rings. The second-order valence-corrected chi connectivity index (χ2v) is 7.92. The number of carboxylic acid groups (broad SMARTS) is 1. The number of thioether (sulfide) groups is 1. The lowest BCUT2D eigenvalue weighted by Crippen LogP contribution is -2.42. The molecule has 0 spiro atoms. The highest BCUT2D eigenvalue weighted by Crippen LogP contribution is 2.35. The van der Waals surface area contributed by atoms with Gasteiger partial charge in [0.15, 0.2) is 0 Å². The average molecular weight is 299 g/mol. The van der Waals surface area contributed by atoms with Gasteiger partial charge in [-0.15, -0.1) is 11.3 Å². The third-order valence-electron chi connectivity index (χ3n) is 3.31. The number of nitrogens with one attached hydrogen (secondary N) is 1. The molecule has 0 aromatic carbocycles. The van der Waals surface area contributed by atoms with E-state index in [1.165, 1.54) is 5.75 Å². The number of carbonyl (C=O) groups is 1. The number of hydrogen-bond acceptors (Lipinski definition) is 4. The summed E-state index contributed by atoms with van der Waals surface area (Å²) in [6, 6.07) is 4.35. The Morgan fingerprint density at radius 1 is 1.63 bits per heavy atom. The molecule has 3 nitrogen and oxygen atoms in total. The summed E-state index contributed by atoms with van der Waals surface area (Å²) in [5, 5.41) is 14.6. The lowest BCUT2D eigenvalue weighted by Gasteiger charge is -2.36. The second kappa shape index (κ2) is 6.29. The molecule has 0 bridgehead atoms. The highest BCUT2D eigenvalue weighted by Gasteiger charge is 2.30. The van der Waals surface area contributed by atoms with E-state index in [2.05, 4.69) is 19.2 Å². The van der Waals surface area contributed by atoms with Crippen LogP contribution in [0.15, 0.2) is 17.5 Å². The van der Waals surface area contributed by atoms with Crippen molar-refractivity contribution in [1.29, 1.82) is 0 Å². The summed E-state index contributed by atoms with van der Waals surface area (Å²) >= 11 is 3.59. The molecule has 0 amide bonds. The molecule has 1 fully saturated rings. The van der Waals surface area contributed by atoms with Gasteiger partial charge in [0.1, 0.15) is 0 Å². The van der Waals surface area contributed by atoms with Crippen LogP contribution in [-0.2, 0) is 4.79 Å². The molecule has 2 atom stereocenters. The van der Waals surface area contributed by atoms with E-state index < -0.39 is 5.97 Å². The first-order valence-corrected chi connectivity index (χ1v) is 8.59. The van der Waals surface area contributed by atoms with E-state index in [9.17, 15) is 4.79 Å². The van der Waals surface area contributed by atoms with Gasteiger partial charge in [-0.25, -0.2) is 0 Å². The van der Waals surface area contributed by atoms with Crippen LogP contribution in [0.1, 0.15) is 37.6 Å². The first-order valence-electron chi connectivity index (χ1n) is 6.55. The second-order valence-electron chi connectivity index (χ2n) is 5.91. The van der Waals surface area contributed by atoms with E-state index in [4.69, 9.17) is 5.11 Å². The van der Waals surface area contributed by atoms with Crippen LogP contribution in [0.4, 0.5) is 0 Å². The average Bonchev–Trinajstić information content (AvgIpc) is 2.79. The molecule has 1 saturated heterocycles. The van der Waals surface area contributed by atoms with Gasteiger partial charge in [0.25, 0.3) is 0 Å². The van der Waals surface area contributed by atoms with Crippen LogP contribution in [0.5, 0.6) is 0 Å². The summed E-state index contributed by atoms with van der Waals surface area (Å²) in [5.74, 6) is 1.52. The zero-order chi connectivity index (χ0) is 13.9. The van der Waals surface area contributed by atoms with Crippen molar-refractivity contribution in [3.63, 3.8) is 0 Å². The maximum atomic E-state index is 11.0. The monoisotopic (exact) mass is 299 g/mol. The van der Waals surface area contributed by atoms with Crippen LogP contribution < -0.4 is 5.32 Å². The van der Waals surface area contributed by atoms with Crippen LogP contribution >= 0.6 is 23.1 Å². The zero-order valence-electron chi connectivity index (χ0n) is 11.4. The molecule has 5 heteroatoms. The van der Waals surface area contributed by atoms with Gasteiger partial charge < -0.3 is 10.4 Å². The van der Waals surface area contributed by atoms with E-state index in [0.717, 1.165) is 17.1 Å². The Bertz CT molecular complexity index is 417. The number of aliphatic carboxylic acids is 1. The van der Waals surface area contributed by atoms with Crippen LogP contribution in [0.25, 0.3) is 0 Å². The molecule has 2 N–H and O–H groups in total. The third kappa shape index (κ3) is 4.51. The van der Waals surface area contributed by atoms with Crippen molar-refractivity contribution in [2.24, 2.45) is 5.41 Å². The molecular weight excluding hydrogens is 278 g/mol. The van der Waals surface area contributed by atoms with Gasteiger partial charge in [0, 0.05) is 16.7 Å². The molecule has 2 unspecified atom stereocenters. The summed E-state index contributed by atoms with van der Waals surface area (Å²) in [6.07, 6.45) is 1.27. The fourth-order valence-corrected chi connectivity index (χ4v) is 4.63. The number of rotatable bonds is 5. The summed E-state index contributed by atoms with van der Waals surface area (Å²) < 4.78 is 0. The molecule has 2 heterocycles. The van der Waals surface area contributed by atoms with E-state index in [1.54, 1.807) is 11.3 Å². The summed E-state index contributed by atoms with van der Waals surface area (Å²) in [7, 11) is 0. The van der Waals surface area contributed by atoms with Gasteiger partial charge >= 0.3 is 5.97 Å². The van der Waals surface area contributed by atoms with Gasteiger partial charge in [-0.2, -0.15) is 11.8 Å². The third-order valence-corrected chi connectivity index (χ3v) is 5.92. The molecule has 0 aliphatic carbocycles. The maximum absolute atomic E-state index is 11.0. The smallest absolute Gasteiger partial charge is 0.305 e. The van der Waals surface area contributed by atoms with E-state index >= 15 is 0 Å². The molecule has 0 saturated carbocycles. The van der Waals surface area contributed by atoms with Crippen molar-refractivity contribution in [3.05, 3.63) is 22.4 Å². The van der Waals surface area contributed by atoms with E-state index in [-0.39, 0.29) is 12.5 Å². The quantitative estimate of drug-likeness (QED) is 0.875. The Morgan fingerprint density at radius 3 is 3.00 bits per heavy atom. The molecule has 1 aliphatic rings. The fourth-order valence-electron chi connectivity index (χ4n) is 2.56. The molecule has 1 aromatic heterocycles. The van der Waals surface area contributed by atoms with E-state index in [0.29, 0.717) is 11.5 Å². The largest absolute Gasteiger partial charge is 0.481 e. The first-order chi connectivity index (χ1) is 8.96. The summed E-state index contributed by atoms with van der Waals surface area (Å²) in [6.45, 7) is 4.57. The van der Waals surface area contributed by atoms with Crippen molar-refractivity contribution in [2.45, 2.75) is 38.8 Å². The normalized spacial score (nSPS) is 24.0. The lowest BCUT2D eigenvalue weighted by molar-refractivity contribution is -0.137. The highest BCUT2D eigenvalue weighted by molar-refractivity contribution is 7.99. The van der Waals surface area contributed by atoms with Crippen LogP contribution in [0.3, 0.4) is 0 Å². The van der Waals surface area contributed by atoms with Gasteiger partial charge in [0.05, 0.1) is 12.5 Å². The van der Waals surface area contributed by atoms with Crippen LogP contribution in [0.2, 0.25) is 0 Å². The molecular formula is C14H21NO2S2. The number of carboxylic acids is 1. The Hall–Kier alpha value is -0.520. The van der Waals surface area contributed by atoms with Gasteiger partial charge in [-0.05, 0) is 29.0 Å². The fraction of sp³-hybridized carbons (Fsp3) is 0.643. The SMILES string of the molecule is CC1(C)CSCC(NC(CC(=O)O)c2cccs2)C1. The zero-order valence-corrected chi connectivity index (χ0v) is 13.0. The maximum Gasteiger partial charge on any atom is 0.305 e. The minimum absolute atomic E-state index is 0.0583. The molecule has 2 rings (SSSR count). The Labute approximate surface area is 122 Å². The van der Waals surface area contributed by atoms with Crippen LogP contribution in [-0.4, -0.2) is 28.6 Å². The topological polar surface area (TPSA) is 49.3 Å². The Kier molecular flexibility index (Phi) is 4.92. The van der Waals surface area contributed by atoms with Crippen molar-refractivity contribution in [3.8, 4) is 0 Å². The molecule has 19 heavy (non-hydrogen) atoms. The molecule has 1 aliphatic heterocycles. The first kappa shape index (κ1) is 14.9. The van der Waals surface area contributed by atoms with Gasteiger partial charge in [-0.1, -0.05) is 19.9 Å². The van der Waals surface area contributed by atoms with Crippen LogP contribution in [0, 0.1) is 5.41 Å². The van der Waals surface area contributed by atoms with Crippen molar-refractivity contribution in [2.75, 3.05) is 11.5 Å². The molecule has 0 radical (unpaired) electrons. The van der Waals surface area contributed by atoms with Crippen molar-refractivity contribution in [1.82, 2.24) is 5.32 Å². The summed E-state index contributed by atoms with van der Waals surface area (Å²) in [5.41, 5.74) is 0.337. The molecule has 106 valence electrons. The van der Waals surface area contributed by atoms with Crippen molar-refractivity contribution < 1.29 is 9.90 Å². The van der Waals surface area contributed by atoms with E-state index in [1.807, 2.05) is 29.3 Å². The van der Waals surface area contributed by atoms with Crippen molar-refractivity contribution >= 4 is 29.1 Å². The van der Waals surface area contributed by atoms with Gasteiger partial charge in [-0.3, -0.25) is 4.79 Å². The standard InChI is InChI=1S/C14H21NO2S2/c1-14(2)7-10(8-18-9-14)15-11(6-13(16)17)12-4-3-5-19-12/h3-5,10-11,15H,6-9H2,1-2H3,(H,16,17). The minimum Gasteiger partial charge on any atom is -0.481 e. The predicted molar refractivity (Wildman–Crippen MR) is 82.0 cm³/mol. The highest BCUT2D eigenvalue weighted by atomic mass is 32.2. The lowest BCUT2D eigenvalue weighted by atomic mass is 9.87. The Balaban J connectivity index is 2.01. The van der Waals surface area contributed by atoms with Gasteiger partial charge in [0.2, 0.25) is 0 Å². The predicted octanol–water partition coefficient (Wildman–Crippen LogP) is 3.39. The number of hydrogen-bond donors (Lipinski definition) is 2.